The Balaban J connectivity index is 1.52. The van der Waals surface area contributed by atoms with Crippen molar-refractivity contribution < 1.29 is 4.79 Å². The van der Waals surface area contributed by atoms with Crippen LogP contribution in [0.4, 0.5) is 5.69 Å². The Kier molecular flexibility index (Phi) is 7.25. The van der Waals surface area contributed by atoms with Crippen molar-refractivity contribution in [2.75, 3.05) is 5.32 Å². The summed E-state index contributed by atoms with van der Waals surface area (Å²) in [5.41, 5.74) is 2.93. The number of aryl methyl sites for hydroxylation is 1. The quantitative estimate of drug-likeness (QED) is 0.319. The summed E-state index contributed by atoms with van der Waals surface area (Å²) in [7, 11) is 0. The number of anilines is 1. The second kappa shape index (κ2) is 10.3. The molecule has 0 saturated heterocycles. The predicted octanol–water partition coefficient (Wildman–Crippen LogP) is 5.91. The molecule has 0 fully saturated rings. The van der Waals surface area contributed by atoms with E-state index in [9.17, 15) is 9.59 Å². The summed E-state index contributed by atoms with van der Waals surface area (Å²) in [5, 5.41) is 8.46. The Labute approximate surface area is 201 Å². The summed E-state index contributed by atoms with van der Waals surface area (Å²) in [6, 6.07) is 16.7. The molecule has 6 nitrogen and oxygen atoms in total. The molecule has 0 bridgehead atoms. The smallest absolute Gasteiger partial charge is 0.275 e. The molecule has 0 spiro atoms. The normalized spacial score (nSPS) is 11.3. The van der Waals surface area contributed by atoms with Crippen LogP contribution in [0.3, 0.4) is 0 Å². The molecule has 0 radical (unpaired) electrons. The Hall–Kier alpha value is -2.97. The molecule has 4 aromatic rings. The average Bonchev–Trinajstić information content (AvgIpc) is 3.24. The number of benzene rings is 2. The molecule has 0 atom stereocenters. The number of nitrogens with zero attached hydrogens (tertiary/aromatic N) is 3. The highest BCUT2D eigenvalue weighted by atomic mass is 32.2. The number of fused-ring (bicyclic) bond motifs is 1. The number of aromatic nitrogens is 3. The van der Waals surface area contributed by atoms with Crippen molar-refractivity contribution in [2.45, 2.75) is 50.2 Å². The first-order valence-corrected chi connectivity index (χ1v) is 12.8. The van der Waals surface area contributed by atoms with E-state index in [1.54, 1.807) is 12.1 Å². The topological polar surface area (TPSA) is 76.4 Å². The molecule has 2 aromatic heterocycles. The standard InChI is InChI=1S/C25H26N4O2S2/c1-4-17(5-2)24-28-29-22(30)14-19(26-25(29)33-24)15-32-21-12-7-6-11-20(21)27-23(31)18-10-8-9-16(3)13-18/h6-14,17H,4-5,15H2,1-3H3,(H,27,31). The summed E-state index contributed by atoms with van der Waals surface area (Å²) in [6.45, 7) is 6.23. The largest absolute Gasteiger partial charge is 0.321 e. The second-order valence-corrected chi connectivity index (χ2v) is 9.85. The summed E-state index contributed by atoms with van der Waals surface area (Å²) in [6.07, 6.45) is 1.97. The molecule has 170 valence electrons. The SMILES string of the molecule is CCC(CC)c1nn2c(=O)cc(CSc3ccccc3NC(=O)c3cccc(C)c3)nc2s1. The maximum Gasteiger partial charge on any atom is 0.275 e. The van der Waals surface area contributed by atoms with Gasteiger partial charge >= 0.3 is 0 Å². The van der Waals surface area contributed by atoms with Gasteiger partial charge in [-0.2, -0.15) is 9.61 Å². The number of amides is 1. The van der Waals surface area contributed by atoms with Gasteiger partial charge in [-0.1, -0.05) is 55.0 Å². The van der Waals surface area contributed by atoms with E-state index < -0.39 is 0 Å². The van der Waals surface area contributed by atoms with Crippen LogP contribution in [-0.2, 0) is 5.75 Å². The van der Waals surface area contributed by atoms with Crippen molar-refractivity contribution in [1.29, 1.82) is 0 Å². The number of thioether (sulfide) groups is 1. The summed E-state index contributed by atoms with van der Waals surface area (Å²) < 4.78 is 1.41. The number of hydrogen-bond donors (Lipinski definition) is 1. The van der Waals surface area contributed by atoms with Crippen LogP contribution < -0.4 is 10.9 Å². The third-order valence-corrected chi connectivity index (χ3v) is 7.62. The molecule has 33 heavy (non-hydrogen) atoms. The molecule has 2 aromatic carbocycles. The third-order valence-electron chi connectivity index (χ3n) is 5.44. The van der Waals surface area contributed by atoms with E-state index >= 15 is 0 Å². The maximum absolute atomic E-state index is 12.7. The van der Waals surface area contributed by atoms with Crippen LogP contribution in [0.1, 0.15) is 59.2 Å². The predicted molar refractivity (Wildman–Crippen MR) is 136 cm³/mol. The first-order valence-electron chi connectivity index (χ1n) is 11.0. The first-order chi connectivity index (χ1) is 16.0. The van der Waals surface area contributed by atoms with Gasteiger partial charge in [0.25, 0.3) is 11.5 Å². The first kappa shape index (κ1) is 23.2. The highest BCUT2D eigenvalue weighted by molar-refractivity contribution is 7.98. The van der Waals surface area contributed by atoms with Crippen LogP contribution in [-0.4, -0.2) is 20.5 Å². The number of rotatable bonds is 8. The van der Waals surface area contributed by atoms with Crippen molar-refractivity contribution in [2.24, 2.45) is 0 Å². The zero-order valence-corrected chi connectivity index (χ0v) is 20.5. The molecule has 2 heterocycles. The van der Waals surface area contributed by atoms with Crippen molar-refractivity contribution in [1.82, 2.24) is 14.6 Å². The van der Waals surface area contributed by atoms with Crippen LogP contribution in [0.25, 0.3) is 4.96 Å². The van der Waals surface area contributed by atoms with E-state index in [2.05, 4.69) is 29.2 Å². The van der Waals surface area contributed by atoms with Crippen LogP contribution in [0.15, 0.2) is 64.3 Å². The van der Waals surface area contributed by atoms with Gasteiger partial charge in [-0.15, -0.1) is 11.8 Å². The lowest BCUT2D eigenvalue weighted by atomic mass is 10.1. The van der Waals surface area contributed by atoms with Crippen molar-refractivity contribution in [3.63, 3.8) is 0 Å². The monoisotopic (exact) mass is 478 g/mol. The van der Waals surface area contributed by atoms with Crippen molar-refractivity contribution in [3.05, 3.63) is 86.8 Å². The number of nitrogens with one attached hydrogen (secondary N) is 1. The van der Waals surface area contributed by atoms with Gasteiger partial charge in [0.1, 0.15) is 5.01 Å². The molecule has 0 aliphatic carbocycles. The van der Waals surface area contributed by atoms with Crippen molar-refractivity contribution >= 4 is 39.7 Å². The second-order valence-electron chi connectivity index (χ2n) is 7.84. The zero-order valence-electron chi connectivity index (χ0n) is 18.9. The maximum atomic E-state index is 12.7. The molecule has 0 saturated carbocycles. The molecule has 0 aliphatic rings. The lowest BCUT2D eigenvalue weighted by Gasteiger charge is -2.11. The van der Waals surface area contributed by atoms with Gasteiger partial charge in [-0.3, -0.25) is 9.59 Å². The van der Waals surface area contributed by atoms with Gasteiger partial charge in [0, 0.05) is 28.2 Å². The molecule has 4 rings (SSSR count). The fraction of sp³-hybridized carbons (Fsp3) is 0.280. The van der Waals surface area contributed by atoms with Crippen LogP contribution >= 0.6 is 23.1 Å². The van der Waals surface area contributed by atoms with Crippen molar-refractivity contribution in [3.8, 4) is 0 Å². The Morgan fingerprint density at radius 2 is 1.91 bits per heavy atom. The van der Waals surface area contributed by atoms with E-state index in [-0.39, 0.29) is 11.5 Å². The lowest BCUT2D eigenvalue weighted by molar-refractivity contribution is 0.102. The Morgan fingerprint density at radius 1 is 1.12 bits per heavy atom. The lowest BCUT2D eigenvalue weighted by Crippen LogP contribution is -2.15. The van der Waals surface area contributed by atoms with Gasteiger partial charge in [-0.05, 0) is 44.0 Å². The summed E-state index contributed by atoms with van der Waals surface area (Å²) >= 11 is 3.03. The number of carbonyl (C=O) groups is 1. The number of para-hydroxylation sites is 1. The van der Waals surface area contributed by atoms with E-state index in [4.69, 9.17) is 0 Å². The fourth-order valence-corrected chi connectivity index (χ4v) is 5.67. The van der Waals surface area contributed by atoms with Gasteiger partial charge in [0.05, 0.1) is 11.4 Å². The Morgan fingerprint density at radius 3 is 2.67 bits per heavy atom. The van der Waals surface area contributed by atoms with Crippen LogP contribution in [0.5, 0.6) is 0 Å². The van der Waals surface area contributed by atoms with Crippen LogP contribution in [0.2, 0.25) is 0 Å². The van der Waals surface area contributed by atoms with Gasteiger partial charge in [0.15, 0.2) is 0 Å². The summed E-state index contributed by atoms with van der Waals surface area (Å²) in [4.78, 5) is 31.6. The minimum absolute atomic E-state index is 0.150. The Bertz CT molecular complexity index is 1340. The van der Waals surface area contributed by atoms with E-state index in [0.717, 1.165) is 34.0 Å². The van der Waals surface area contributed by atoms with Gasteiger partial charge < -0.3 is 5.32 Å². The fourth-order valence-electron chi connectivity index (χ4n) is 3.58. The highest BCUT2D eigenvalue weighted by Crippen LogP contribution is 2.31. The molecule has 0 aliphatic heterocycles. The highest BCUT2D eigenvalue weighted by Gasteiger charge is 2.16. The molecule has 0 unspecified atom stereocenters. The van der Waals surface area contributed by atoms with Crippen LogP contribution in [0, 0.1) is 6.92 Å². The molecule has 1 amide bonds. The molecule has 8 heteroatoms. The third kappa shape index (κ3) is 5.34. The minimum atomic E-state index is -0.162. The van der Waals surface area contributed by atoms with E-state index in [1.807, 2.05) is 49.4 Å². The number of carbonyl (C=O) groups excluding carboxylic acids is 1. The molecular weight excluding hydrogens is 452 g/mol. The average molecular weight is 479 g/mol. The molecule has 1 N–H and O–H groups in total. The van der Waals surface area contributed by atoms with Gasteiger partial charge in [0.2, 0.25) is 4.96 Å². The zero-order chi connectivity index (χ0) is 23.4. The van der Waals surface area contributed by atoms with E-state index in [0.29, 0.717) is 27.9 Å². The van der Waals surface area contributed by atoms with Gasteiger partial charge in [-0.25, -0.2) is 4.98 Å². The molecular formula is C25H26N4O2S2. The van der Waals surface area contributed by atoms with E-state index in [1.165, 1.54) is 27.6 Å². The number of hydrogen-bond acceptors (Lipinski definition) is 6. The minimum Gasteiger partial charge on any atom is -0.321 e. The summed E-state index contributed by atoms with van der Waals surface area (Å²) in [5.74, 6) is 0.710.